The van der Waals surface area contributed by atoms with Crippen LogP contribution in [0.25, 0.3) is 0 Å². The number of halogens is 2. The van der Waals surface area contributed by atoms with Gasteiger partial charge in [0.15, 0.2) is 0 Å². The van der Waals surface area contributed by atoms with E-state index in [4.69, 9.17) is 17.3 Å². The van der Waals surface area contributed by atoms with Crippen molar-refractivity contribution in [3.63, 3.8) is 0 Å². The van der Waals surface area contributed by atoms with E-state index in [0.717, 1.165) is 10.0 Å². The average molecular weight is 340 g/mol. The fraction of sp³-hybridized carbons (Fsp3) is 0.0714. The Labute approximate surface area is 124 Å². The number of carbonyl (C=O) groups is 1. The summed E-state index contributed by atoms with van der Waals surface area (Å²) in [5.41, 5.74) is 8.34. The van der Waals surface area contributed by atoms with Gasteiger partial charge in [-0.3, -0.25) is 4.79 Å². The van der Waals surface area contributed by atoms with Gasteiger partial charge in [0.05, 0.1) is 5.69 Å². The number of amides is 1. The maximum Gasteiger partial charge on any atom is 0.255 e. The second kappa shape index (κ2) is 5.63. The molecule has 0 aliphatic rings. The van der Waals surface area contributed by atoms with Crippen LogP contribution in [0.3, 0.4) is 0 Å². The van der Waals surface area contributed by atoms with Crippen LogP contribution in [0.4, 0.5) is 11.4 Å². The van der Waals surface area contributed by atoms with Crippen molar-refractivity contribution in [1.82, 2.24) is 0 Å². The first-order valence-electron chi connectivity index (χ1n) is 5.60. The number of carbonyl (C=O) groups excluding carboxylic acids is 1. The highest BCUT2D eigenvalue weighted by Gasteiger charge is 2.11. The Hall–Kier alpha value is -1.52. The molecule has 19 heavy (non-hydrogen) atoms. The van der Waals surface area contributed by atoms with Gasteiger partial charge in [0.2, 0.25) is 0 Å². The monoisotopic (exact) mass is 338 g/mol. The van der Waals surface area contributed by atoms with E-state index in [0.29, 0.717) is 22.0 Å². The van der Waals surface area contributed by atoms with Crippen LogP contribution >= 0.6 is 27.5 Å². The Balaban J connectivity index is 2.28. The van der Waals surface area contributed by atoms with E-state index in [1.54, 1.807) is 36.4 Å². The van der Waals surface area contributed by atoms with E-state index in [1.807, 2.05) is 6.92 Å². The largest absolute Gasteiger partial charge is 0.399 e. The molecule has 0 aliphatic carbocycles. The van der Waals surface area contributed by atoms with Gasteiger partial charge < -0.3 is 11.1 Å². The maximum absolute atomic E-state index is 12.2. The highest BCUT2D eigenvalue weighted by Crippen LogP contribution is 2.25. The lowest BCUT2D eigenvalue weighted by molar-refractivity contribution is 0.102. The number of benzene rings is 2. The standard InChI is InChI=1S/C14H12BrClN2O/c1-8-6-9(16)2-4-11(8)14(19)18-13-7-10(17)3-5-12(13)15/h2-7H,17H2,1H3,(H,18,19). The van der Waals surface area contributed by atoms with Crippen molar-refractivity contribution in [3.05, 3.63) is 57.0 Å². The van der Waals surface area contributed by atoms with E-state index in [9.17, 15) is 4.79 Å². The number of aryl methyl sites for hydroxylation is 1. The molecule has 2 rings (SSSR count). The summed E-state index contributed by atoms with van der Waals surface area (Å²) in [6, 6.07) is 10.4. The number of anilines is 2. The van der Waals surface area contributed by atoms with E-state index in [2.05, 4.69) is 21.2 Å². The minimum Gasteiger partial charge on any atom is -0.399 e. The average Bonchev–Trinajstić information content (AvgIpc) is 2.33. The fourth-order valence-electron chi connectivity index (χ4n) is 1.71. The molecule has 0 saturated carbocycles. The third-order valence-corrected chi connectivity index (χ3v) is 3.60. The zero-order chi connectivity index (χ0) is 14.0. The van der Waals surface area contributed by atoms with E-state index in [-0.39, 0.29) is 5.91 Å². The summed E-state index contributed by atoms with van der Waals surface area (Å²) in [4.78, 5) is 12.2. The minimum atomic E-state index is -0.194. The molecule has 0 saturated heterocycles. The van der Waals surface area contributed by atoms with Crippen LogP contribution in [0, 0.1) is 6.92 Å². The molecule has 0 unspecified atom stereocenters. The van der Waals surface area contributed by atoms with E-state index < -0.39 is 0 Å². The van der Waals surface area contributed by atoms with Gasteiger partial charge in [-0.2, -0.15) is 0 Å². The molecule has 98 valence electrons. The molecule has 3 N–H and O–H groups in total. The van der Waals surface area contributed by atoms with Crippen LogP contribution in [-0.4, -0.2) is 5.91 Å². The van der Waals surface area contributed by atoms with Crippen molar-refractivity contribution in [3.8, 4) is 0 Å². The SMILES string of the molecule is Cc1cc(Cl)ccc1C(=O)Nc1cc(N)ccc1Br. The second-order valence-corrected chi connectivity index (χ2v) is 5.44. The van der Waals surface area contributed by atoms with Gasteiger partial charge in [0.25, 0.3) is 5.91 Å². The van der Waals surface area contributed by atoms with Crippen molar-refractivity contribution in [2.24, 2.45) is 0 Å². The van der Waals surface area contributed by atoms with Crippen molar-refractivity contribution in [2.45, 2.75) is 6.92 Å². The third-order valence-electron chi connectivity index (χ3n) is 2.67. The zero-order valence-corrected chi connectivity index (χ0v) is 12.5. The van der Waals surface area contributed by atoms with Crippen LogP contribution in [0.1, 0.15) is 15.9 Å². The minimum absolute atomic E-state index is 0.194. The molecule has 2 aromatic rings. The van der Waals surface area contributed by atoms with Crippen LogP contribution in [0.5, 0.6) is 0 Å². The predicted octanol–water partition coefficient (Wildman–Crippen LogP) is 4.25. The normalized spacial score (nSPS) is 10.3. The first-order valence-corrected chi connectivity index (χ1v) is 6.77. The van der Waals surface area contributed by atoms with Crippen LogP contribution in [-0.2, 0) is 0 Å². The van der Waals surface area contributed by atoms with Gasteiger partial charge in [-0.1, -0.05) is 11.6 Å². The molecule has 0 radical (unpaired) electrons. The van der Waals surface area contributed by atoms with Gasteiger partial charge in [0, 0.05) is 20.7 Å². The lowest BCUT2D eigenvalue weighted by Gasteiger charge is -2.10. The van der Waals surface area contributed by atoms with Crippen molar-refractivity contribution < 1.29 is 4.79 Å². The molecule has 0 heterocycles. The van der Waals surface area contributed by atoms with Gasteiger partial charge in [-0.05, 0) is 64.8 Å². The molecule has 0 spiro atoms. The number of hydrogen-bond donors (Lipinski definition) is 2. The second-order valence-electron chi connectivity index (χ2n) is 4.15. The van der Waals surface area contributed by atoms with Crippen LogP contribution < -0.4 is 11.1 Å². The summed E-state index contributed by atoms with van der Waals surface area (Å²) in [6.45, 7) is 1.84. The van der Waals surface area contributed by atoms with Gasteiger partial charge in [-0.25, -0.2) is 0 Å². The fourth-order valence-corrected chi connectivity index (χ4v) is 2.28. The summed E-state index contributed by atoms with van der Waals surface area (Å²) >= 11 is 9.24. The van der Waals surface area contributed by atoms with Crippen molar-refractivity contribution in [1.29, 1.82) is 0 Å². The summed E-state index contributed by atoms with van der Waals surface area (Å²) in [7, 11) is 0. The number of nitrogens with two attached hydrogens (primary N) is 1. The zero-order valence-electron chi connectivity index (χ0n) is 10.2. The molecule has 3 nitrogen and oxygen atoms in total. The molecule has 0 fully saturated rings. The number of hydrogen-bond acceptors (Lipinski definition) is 2. The highest BCUT2D eigenvalue weighted by atomic mass is 79.9. The van der Waals surface area contributed by atoms with Crippen molar-refractivity contribution >= 4 is 44.8 Å². The maximum atomic E-state index is 12.2. The molecular weight excluding hydrogens is 328 g/mol. The Morgan fingerprint density at radius 3 is 2.68 bits per heavy atom. The Bertz CT molecular complexity index is 643. The van der Waals surface area contributed by atoms with E-state index >= 15 is 0 Å². The van der Waals surface area contributed by atoms with Gasteiger partial charge in [-0.15, -0.1) is 0 Å². The Morgan fingerprint density at radius 1 is 1.26 bits per heavy atom. The van der Waals surface area contributed by atoms with Crippen molar-refractivity contribution in [2.75, 3.05) is 11.1 Å². The summed E-state index contributed by atoms with van der Waals surface area (Å²) < 4.78 is 0.779. The van der Waals surface area contributed by atoms with E-state index in [1.165, 1.54) is 0 Å². The molecule has 1 amide bonds. The first kappa shape index (κ1) is 13.9. The molecule has 2 aromatic carbocycles. The number of nitrogens with one attached hydrogen (secondary N) is 1. The first-order chi connectivity index (χ1) is 8.97. The lowest BCUT2D eigenvalue weighted by Crippen LogP contribution is -2.13. The molecule has 0 bridgehead atoms. The Kier molecular flexibility index (Phi) is 4.12. The highest BCUT2D eigenvalue weighted by molar-refractivity contribution is 9.10. The molecule has 0 aromatic heterocycles. The predicted molar refractivity (Wildman–Crippen MR) is 82.7 cm³/mol. The Morgan fingerprint density at radius 2 is 2.00 bits per heavy atom. The molecular formula is C14H12BrClN2O. The third kappa shape index (κ3) is 3.28. The van der Waals surface area contributed by atoms with Crippen LogP contribution in [0.15, 0.2) is 40.9 Å². The lowest BCUT2D eigenvalue weighted by atomic mass is 10.1. The molecule has 5 heteroatoms. The van der Waals surface area contributed by atoms with Gasteiger partial charge >= 0.3 is 0 Å². The summed E-state index contributed by atoms with van der Waals surface area (Å²) in [6.07, 6.45) is 0. The topological polar surface area (TPSA) is 55.1 Å². The smallest absolute Gasteiger partial charge is 0.255 e. The van der Waals surface area contributed by atoms with Gasteiger partial charge in [0.1, 0.15) is 0 Å². The number of nitrogen functional groups attached to an aromatic ring is 1. The summed E-state index contributed by atoms with van der Waals surface area (Å²) in [5, 5.41) is 3.43. The quantitative estimate of drug-likeness (QED) is 0.804. The number of rotatable bonds is 2. The van der Waals surface area contributed by atoms with Crippen LogP contribution in [0.2, 0.25) is 5.02 Å². The molecule has 0 aliphatic heterocycles. The molecule has 0 atom stereocenters. The summed E-state index contributed by atoms with van der Waals surface area (Å²) in [5.74, 6) is -0.194.